The summed E-state index contributed by atoms with van der Waals surface area (Å²) in [4.78, 5) is 12.4. The third-order valence-electron chi connectivity index (χ3n) is 3.69. The largest absolute Gasteiger partial charge is 0.451 e. The van der Waals surface area contributed by atoms with Crippen molar-refractivity contribution in [2.24, 2.45) is 0 Å². The predicted molar refractivity (Wildman–Crippen MR) is 97.9 cm³/mol. The normalized spacial score (nSPS) is 10.6. The zero-order chi connectivity index (χ0) is 17.1. The summed E-state index contributed by atoms with van der Waals surface area (Å²) >= 11 is 12.2. The number of carbonyl (C=O) groups excluding carboxylic acids is 1. The molecule has 1 amide bonds. The number of hydrogen-bond acceptors (Lipinski definition) is 2. The lowest BCUT2D eigenvalue weighted by Gasteiger charge is -2.08. The highest BCUT2D eigenvalue weighted by Gasteiger charge is 2.16. The minimum atomic E-state index is -0.305. The number of aryl methyl sites for hydroxylation is 1. The highest BCUT2D eigenvalue weighted by Crippen LogP contribution is 2.34. The van der Waals surface area contributed by atoms with E-state index in [1.807, 2.05) is 31.2 Å². The summed E-state index contributed by atoms with van der Waals surface area (Å²) in [5, 5.41) is 3.71. The number of benzene rings is 2. The SMILES string of the molecule is CCc1ccccc1NC(=O)c1ccc(-c2cccc(Cl)c2Cl)o1. The summed E-state index contributed by atoms with van der Waals surface area (Å²) in [5.74, 6) is 0.406. The van der Waals surface area contributed by atoms with Gasteiger partial charge in [-0.1, -0.05) is 54.4 Å². The van der Waals surface area contributed by atoms with Gasteiger partial charge in [-0.2, -0.15) is 0 Å². The van der Waals surface area contributed by atoms with Crippen LogP contribution in [0.2, 0.25) is 10.0 Å². The van der Waals surface area contributed by atoms with Crippen LogP contribution in [0.15, 0.2) is 59.0 Å². The van der Waals surface area contributed by atoms with Gasteiger partial charge in [-0.05, 0) is 42.3 Å². The minimum Gasteiger partial charge on any atom is -0.451 e. The molecule has 1 heterocycles. The van der Waals surface area contributed by atoms with Crippen LogP contribution >= 0.6 is 23.2 Å². The van der Waals surface area contributed by atoms with Crippen LogP contribution in [0.1, 0.15) is 23.0 Å². The fourth-order valence-electron chi connectivity index (χ4n) is 2.43. The number of hydrogen-bond donors (Lipinski definition) is 1. The van der Waals surface area contributed by atoms with E-state index in [4.69, 9.17) is 27.6 Å². The van der Waals surface area contributed by atoms with Crippen molar-refractivity contribution in [3.8, 4) is 11.3 Å². The Balaban J connectivity index is 1.85. The van der Waals surface area contributed by atoms with E-state index in [1.54, 1.807) is 30.3 Å². The number of halogens is 2. The summed E-state index contributed by atoms with van der Waals surface area (Å²) in [7, 11) is 0. The van der Waals surface area contributed by atoms with Crippen LogP contribution < -0.4 is 5.32 Å². The van der Waals surface area contributed by atoms with Gasteiger partial charge in [0.25, 0.3) is 5.91 Å². The van der Waals surface area contributed by atoms with Crippen molar-refractivity contribution in [3.63, 3.8) is 0 Å². The molecule has 3 nitrogen and oxygen atoms in total. The van der Waals surface area contributed by atoms with Gasteiger partial charge in [0.1, 0.15) is 5.76 Å². The van der Waals surface area contributed by atoms with Gasteiger partial charge >= 0.3 is 0 Å². The Morgan fingerprint density at radius 3 is 2.62 bits per heavy atom. The maximum Gasteiger partial charge on any atom is 0.291 e. The van der Waals surface area contributed by atoms with Crippen molar-refractivity contribution in [1.82, 2.24) is 0 Å². The smallest absolute Gasteiger partial charge is 0.291 e. The second kappa shape index (κ2) is 7.12. The molecule has 3 aromatic rings. The molecular formula is C19H15Cl2NO2. The standard InChI is InChI=1S/C19H15Cl2NO2/c1-2-12-6-3-4-9-15(12)22-19(23)17-11-10-16(24-17)13-7-5-8-14(20)18(13)21/h3-11H,2H2,1H3,(H,22,23). The minimum absolute atomic E-state index is 0.215. The van der Waals surface area contributed by atoms with Crippen molar-refractivity contribution in [2.45, 2.75) is 13.3 Å². The molecular weight excluding hydrogens is 345 g/mol. The van der Waals surface area contributed by atoms with Crippen molar-refractivity contribution in [1.29, 1.82) is 0 Å². The van der Waals surface area contributed by atoms with E-state index in [9.17, 15) is 4.79 Å². The summed E-state index contributed by atoms with van der Waals surface area (Å²) < 4.78 is 5.66. The third kappa shape index (κ3) is 3.32. The lowest BCUT2D eigenvalue weighted by Crippen LogP contribution is -2.12. The summed E-state index contributed by atoms with van der Waals surface area (Å²) in [6.07, 6.45) is 0.831. The van der Waals surface area contributed by atoms with Gasteiger partial charge in [-0.3, -0.25) is 4.79 Å². The van der Waals surface area contributed by atoms with Gasteiger partial charge < -0.3 is 9.73 Å². The fourth-order valence-corrected chi connectivity index (χ4v) is 2.83. The topological polar surface area (TPSA) is 42.2 Å². The first kappa shape index (κ1) is 16.6. The Kier molecular flexibility index (Phi) is 4.93. The van der Waals surface area contributed by atoms with Gasteiger partial charge in [-0.15, -0.1) is 0 Å². The second-order valence-corrected chi connectivity index (χ2v) is 6.02. The molecule has 0 bridgehead atoms. The molecule has 1 N–H and O–H groups in total. The highest BCUT2D eigenvalue weighted by atomic mass is 35.5. The first-order valence-corrected chi connectivity index (χ1v) is 8.29. The Morgan fingerprint density at radius 2 is 1.83 bits per heavy atom. The molecule has 5 heteroatoms. The van der Waals surface area contributed by atoms with Crippen LogP contribution in [0, 0.1) is 0 Å². The summed E-state index contributed by atoms with van der Waals surface area (Å²) in [5.41, 5.74) is 2.50. The van der Waals surface area contributed by atoms with Crippen LogP contribution in [-0.4, -0.2) is 5.91 Å². The van der Waals surface area contributed by atoms with Crippen molar-refractivity contribution >= 4 is 34.8 Å². The number of carbonyl (C=O) groups is 1. The fraction of sp³-hybridized carbons (Fsp3) is 0.105. The summed E-state index contributed by atoms with van der Waals surface area (Å²) in [6.45, 7) is 2.04. The number of amides is 1. The molecule has 24 heavy (non-hydrogen) atoms. The average Bonchev–Trinajstić information content (AvgIpc) is 3.08. The van der Waals surface area contributed by atoms with Crippen molar-refractivity contribution in [2.75, 3.05) is 5.32 Å². The number of rotatable bonds is 4. The van der Waals surface area contributed by atoms with Crippen LogP contribution in [-0.2, 0) is 6.42 Å². The molecule has 0 spiro atoms. The molecule has 0 radical (unpaired) electrons. The molecule has 3 rings (SSSR count). The van der Waals surface area contributed by atoms with E-state index in [2.05, 4.69) is 5.32 Å². The molecule has 0 saturated carbocycles. The molecule has 0 aliphatic carbocycles. The molecule has 0 atom stereocenters. The molecule has 122 valence electrons. The monoisotopic (exact) mass is 359 g/mol. The first-order chi connectivity index (χ1) is 11.6. The van der Waals surface area contributed by atoms with Gasteiger partial charge in [0.15, 0.2) is 5.76 Å². The molecule has 1 aromatic heterocycles. The average molecular weight is 360 g/mol. The van der Waals surface area contributed by atoms with E-state index in [-0.39, 0.29) is 11.7 Å². The molecule has 0 fully saturated rings. The number of nitrogens with one attached hydrogen (secondary N) is 1. The Morgan fingerprint density at radius 1 is 1.04 bits per heavy atom. The van der Waals surface area contributed by atoms with Crippen LogP contribution in [0.3, 0.4) is 0 Å². The predicted octanol–water partition coefficient (Wildman–Crippen LogP) is 6.07. The molecule has 2 aromatic carbocycles. The number of furan rings is 1. The van der Waals surface area contributed by atoms with E-state index < -0.39 is 0 Å². The Hall–Kier alpha value is -2.23. The van der Waals surface area contributed by atoms with Gasteiger partial charge in [0, 0.05) is 11.3 Å². The molecule has 0 unspecified atom stereocenters. The van der Waals surface area contributed by atoms with Crippen LogP contribution in [0.4, 0.5) is 5.69 Å². The summed E-state index contributed by atoms with van der Waals surface area (Å²) in [6, 6.07) is 16.3. The lowest BCUT2D eigenvalue weighted by molar-refractivity contribution is 0.0997. The van der Waals surface area contributed by atoms with Crippen molar-refractivity contribution in [3.05, 3.63) is 76.0 Å². The zero-order valence-electron chi connectivity index (χ0n) is 13.0. The maximum atomic E-state index is 12.4. The van der Waals surface area contributed by atoms with Gasteiger partial charge in [-0.25, -0.2) is 0 Å². The third-order valence-corrected chi connectivity index (χ3v) is 4.51. The van der Waals surface area contributed by atoms with Gasteiger partial charge in [0.05, 0.1) is 10.0 Å². The van der Waals surface area contributed by atoms with E-state index in [0.29, 0.717) is 21.4 Å². The second-order valence-electron chi connectivity index (χ2n) is 5.23. The van der Waals surface area contributed by atoms with E-state index in [0.717, 1.165) is 17.7 Å². The molecule has 0 saturated heterocycles. The van der Waals surface area contributed by atoms with E-state index in [1.165, 1.54) is 0 Å². The zero-order valence-corrected chi connectivity index (χ0v) is 14.5. The van der Waals surface area contributed by atoms with Crippen molar-refractivity contribution < 1.29 is 9.21 Å². The first-order valence-electron chi connectivity index (χ1n) is 7.53. The Bertz CT molecular complexity index is 887. The number of anilines is 1. The van der Waals surface area contributed by atoms with Crippen LogP contribution in [0.25, 0.3) is 11.3 Å². The van der Waals surface area contributed by atoms with E-state index >= 15 is 0 Å². The highest BCUT2D eigenvalue weighted by molar-refractivity contribution is 6.43. The lowest BCUT2D eigenvalue weighted by atomic mass is 10.1. The quantitative estimate of drug-likeness (QED) is 0.614. The maximum absolute atomic E-state index is 12.4. The van der Waals surface area contributed by atoms with Gasteiger partial charge in [0.2, 0.25) is 0 Å². The molecule has 0 aliphatic rings. The Labute approximate surface area is 150 Å². The molecule has 0 aliphatic heterocycles. The van der Waals surface area contributed by atoms with Crippen LogP contribution in [0.5, 0.6) is 0 Å². The number of para-hydroxylation sites is 1.